The number of ether oxygens (including phenoxy) is 1. The van der Waals surface area contributed by atoms with E-state index in [1.807, 2.05) is 56.3 Å². The van der Waals surface area contributed by atoms with Crippen LogP contribution in [0.5, 0.6) is 5.75 Å². The van der Waals surface area contributed by atoms with Crippen molar-refractivity contribution in [3.05, 3.63) is 64.1 Å². The fraction of sp³-hybridized carbons (Fsp3) is 0.409. The van der Waals surface area contributed by atoms with Crippen LogP contribution in [0, 0.1) is 0 Å². The molecule has 0 unspecified atom stereocenters. The van der Waals surface area contributed by atoms with Gasteiger partial charge in [0.05, 0.1) is 17.6 Å². The third kappa shape index (κ3) is 4.70. The molecule has 0 aliphatic heterocycles. The first-order valence-electron chi connectivity index (χ1n) is 9.63. The van der Waals surface area contributed by atoms with Crippen molar-refractivity contribution in [3.63, 3.8) is 0 Å². The molecule has 0 fully saturated rings. The predicted octanol–water partition coefficient (Wildman–Crippen LogP) is 1.85. The highest BCUT2D eigenvalue weighted by molar-refractivity contribution is 5.76. The zero-order valence-electron chi connectivity index (χ0n) is 17.3. The van der Waals surface area contributed by atoms with Crippen LogP contribution < -0.4 is 15.7 Å². The zero-order chi connectivity index (χ0) is 21.2. The largest absolute Gasteiger partial charge is 0.491 e. The first kappa shape index (κ1) is 21.1. The van der Waals surface area contributed by atoms with Gasteiger partial charge in [0.25, 0.3) is 0 Å². The van der Waals surface area contributed by atoms with Gasteiger partial charge in [0, 0.05) is 26.2 Å². The number of nitrogens with one attached hydrogen (secondary N) is 1. The zero-order valence-corrected chi connectivity index (χ0v) is 17.3. The number of hydrogen-bond donors (Lipinski definition) is 3. The number of aromatic nitrogens is 2. The van der Waals surface area contributed by atoms with Crippen molar-refractivity contribution in [2.45, 2.75) is 32.0 Å². The summed E-state index contributed by atoms with van der Waals surface area (Å²) in [6.07, 6.45) is -0.804. The Kier molecular flexibility index (Phi) is 6.12. The smallest absolute Gasteiger partial charge is 0.328 e. The number of rotatable bonds is 8. The Balaban J connectivity index is 1.62. The number of nitrogens with zero attached hydrogens (tertiary/aromatic N) is 2. The summed E-state index contributed by atoms with van der Waals surface area (Å²) in [5.74, 6) is 0.669. The van der Waals surface area contributed by atoms with Gasteiger partial charge in [0.15, 0.2) is 0 Å². The van der Waals surface area contributed by atoms with Crippen LogP contribution in [0.2, 0.25) is 0 Å². The topological polar surface area (TPSA) is 88.7 Å². The number of aryl methyl sites for hydroxylation is 2. The Bertz CT molecular complexity index is 1030. The van der Waals surface area contributed by atoms with E-state index in [2.05, 4.69) is 5.32 Å². The summed E-state index contributed by atoms with van der Waals surface area (Å²) < 4.78 is 8.88. The molecule has 0 spiro atoms. The van der Waals surface area contributed by atoms with E-state index in [4.69, 9.17) is 4.74 Å². The second-order valence-corrected chi connectivity index (χ2v) is 8.02. The summed E-state index contributed by atoms with van der Waals surface area (Å²) in [7, 11) is 3.45. The Labute approximate surface area is 170 Å². The van der Waals surface area contributed by atoms with Gasteiger partial charge in [-0.1, -0.05) is 18.2 Å². The van der Waals surface area contributed by atoms with Crippen molar-refractivity contribution in [2.24, 2.45) is 14.1 Å². The summed E-state index contributed by atoms with van der Waals surface area (Å²) in [6.45, 7) is 4.70. The summed E-state index contributed by atoms with van der Waals surface area (Å²) >= 11 is 0. The van der Waals surface area contributed by atoms with E-state index < -0.39 is 6.10 Å². The average molecular weight is 399 g/mol. The monoisotopic (exact) mass is 399 g/mol. The minimum absolute atomic E-state index is 0.0645. The van der Waals surface area contributed by atoms with E-state index in [1.165, 1.54) is 0 Å². The molecule has 0 amide bonds. The quantitative estimate of drug-likeness (QED) is 0.538. The lowest BCUT2D eigenvalue weighted by atomic mass is 10.1. The van der Waals surface area contributed by atoms with E-state index in [1.54, 1.807) is 23.2 Å². The lowest BCUT2D eigenvalue weighted by Gasteiger charge is -2.23. The molecule has 0 radical (unpaired) electrons. The second-order valence-electron chi connectivity index (χ2n) is 8.02. The van der Waals surface area contributed by atoms with Gasteiger partial charge in [-0.15, -0.1) is 0 Å². The number of aliphatic hydroxyl groups excluding tert-OH is 2. The molecule has 3 N–H and O–H groups in total. The van der Waals surface area contributed by atoms with Crippen LogP contribution >= 0.6 is 0 Å². The summed E-state index contributed by atoms with van der Waals surface area (Å²) in [5.41, 5.74) is 2.95. The molecular formula is C22H29N3O4. The Morgan fingerprint density at radius 1 is 1.07 bits per heavy atom. The molecule has 3 aromatic rings. The highest BCUT2D eigenvalue weighted by atomic mass is 16.5. The molecule has 0 bridgehead atoms. The van der Waals surface area contributed by atoms with Crippen LogP contribution in [-0.4, -0.2) is 38.1 Å². The molecule has 7 heteroatoms. The van der Waals surface area contributed by atoms with Crippen LogP contribution in [0.25, 0.3) is 11.0 Å². The Morgan fingerprint density at radius 3 is 2.38 bits per heavy atom. The SMILES string of the molecule is Cn1c(=O)n(C)c2cc([C@H](O)COc3ccc(CNC(C)(C)CO)cc3)ccc21. The minimum atomic E-state index is -0.804. The van der Waals surface area contributed by atoms with Crippen LogP contribution in [0.1, 0.15) is 31.1 Å². The van der Waals surface area contributed by atoms with Gasteiger partial charge in [-0.25, -0.2) is 4.79 Å². The first-order chi connectivity index (χ1) is 13.7. The molecule has 0 aliphatic carbocycles. The highest BCUT2D eigenvalue weighted by Gasteiger charge is 2.15. The van der Waals surface area contributed by atoms with E-state index in [9.17, 15) is 15.0 Å². The Morgan fingerprint density at radius 2 is 1.72 bits per heavy atom. The molecule has 7 nitrogen and oxygen atoms in total. The lowest BCUT2D eigenvalue weighted by Crippen LogP contribution is -2.42. The maximum Gasteiger partial charge on any atom is 0.328 e. The number of aliphatic hydroxyl groups is 2. The van der Waals surface area contributed by atoms with Crippen LogP contribution in [0.4, 0.5) is 0 Å². The molecule has 1 atom stereocenters. The predicted molar refractivity (Wildman–Crippen MR) is 113 cm³/mol. The molecule has 0 saturated carbocycles. The van der Waals surface area contributed by atoms with Crippen molar-refractivity contribution in [1.29, 1.82) is 0 Å². The molecule has 29 heavy (non-hydrogen) atoms. The van der Waals surface area contributed by atoms with E-state index in [-0.39, 0.29) is 24.4 Å². The van der Waals surface area contributed by atoms with Crippen molar-refractivity contribution >= 4 is 11.0 Å². The van der Waals surface area contributed by atoms with Gasteiger partial charge in [-0.05, 0) is 49.2 Å². The second kappa shape index (κ2) is 8.41. The van der Waals surface area contributed by atoms with Crippen LogP contribution in [0.15, 0.2) is 47.3 Å². The van der Waals surface area contributed by atoms with Gasteiger partial charge in [0.2, 0.25) is 0 Å². The number of benzene rings is 2. The molecule has 1 heterocycles. The van der Waals surface area contributed by atoms with Gasteiger partial charge in [-0.3, -0.25) is 9.13 Å². The van der Waals surface area contributed by atoms with Gasteiger partial charge >= 0.3 is 5.69 Å². The van der Waals surface area contributed by atoms with Crippen molar-refractivity contribution < 1.29 is 14.9 Å². The number of hydrogen-bond acceptors (Lipinski definition) is 5. The summed E-state index contributed by atoms with van der Waals surface area (Å²) in [6, 6.07) is 13.1. The summed E-state index contributed by atoms with van der Waals surface area (Å²) in [4.78, 5) is 12.0. The minimum Gasteiger partial charge on any atom is -0.491 e. The molecular weight excluding hydrogens is 370 g/mol. The van der Waals surface area contributed by atoms with Crippen molar-refractivity contribution in [2.75, 3.05) is 13.2 Å². The van der Waals surface area contributed by atoms with Crippen LogP contribution in [-0.2, 0) is 20.6 Å². The molecule has 1 aromatic heterocycles. The van der Waals surface area contributed by atoms with E-state index in [0.29, 0.717) is 17.9 Å². The Hall–Kier alpha value is -2.61. The fourth-order valence-corrected chi connectivity index (χ4v) is 3.10. The molecule has 2 aromatic carbocycles. The fourth-order valence-electron chi connectivity index (χ4n) is 3.10. The number of imidazole rings is 1. The molecule has 3 rings (SSSR count). The maximum atomic E-state index is 12.0. The third-order valence-corrected chi connectivity index (χ3v) is 5.18. The summed E-state index contributed by atoms with van der Waals surface area (Å²) in [5, 5.41) is 23.1. The maximum absolute atomic E-state index is 12.0. The first-order valence-corrected chi connectivity index (χ1v) is 9.63. The van der Waals surface area contributed by atoms with Gasteiger partial charge < -0.3 is 20.3 Å². The van der Waals surface area contributed by atoms with Gasteiger partial charge in [0.1, 0.15) is 18.5 Å². The van der Waals surface area contributed by atoms with Crippen LogP contribution in [0.3, 0.4) is 0 Å². The standard InChI is InChI=1S/C22H29N3O4/c1-22(2,14-26)23-12-15-5-8-17(9-6-15)29-13-20(27)16-7-10-18-19(11-16)25(4)21(28)24(18)3/h5-11,20,23,26-27H,12-14H2,1-4H3/t20-/m1/s1. The van der Waals surface area contributed by atoms with Crippen molar-refractivity contribution in [1.82, 2.24) is 14.5 Å². The van der Waals surface area contributed by atoms with Crippen molar-refractivity contribution in [3.8, 4) is 5.75 Å². The van der Waals surface area contributed by atoms with E-state index >= 15 is 0 Å². The molecule has 0 saturated heterocycles. The number of fused-ring (bicyclic) bond motifs is 1. The average Bonchev–Trinajstić information content (AvgIpc) is 2.95. The van der Waals surface area contributed by atoms with Gasteiger partial charge in [-0.2, -0.15) is 0 Å². The third-order valence-electron chi connectivity index (χ3n) is 5.18. The molecule has 0 aliphatic rings. The van der Waals surface area contributed by atoms with E-state index in [0.717, 1.165) is 16.6 Å². The lowest BCUT2D eigenvalue weighted by molar-refractivity contribution is 0.108. The normalized spacial score (nSPS) is 13.0. The highest BCUT2D eigenvalue weighted by Crippen LogP contribution is 2.21. The molecule has 156 valence electrons.